The van der Waals surface area contributed by atoms with Crippen LogP contribution in [0.25, 0.3) is 11.5 Å². The summed E-state index contributed by atoms with van der Waals surface area (Å²) < 4.78 is 32.4. The molecule has 4 N–H and O–H groups in total. The Bertz CT molecular complexity index is 773. The highest BCUT2D eigenvalue weighted by Crippen LogP contribution is 2.27. The largest absolute Gasteiger partial charge is 0.441 e. The van der Waals surface area contributed by atoms with E-state index in [0.29, 0.717) is 37.4 Å². The third-order valence-corrected chi connectivity index (χ3v) is 4.44. The van der Waals surface area contributed by atoms with Gasteiger partial charge in [-0.2, -0.15) is 0 Å². The first kappa shape index (κ1) is 18.5. The van der Waals surface area contributed by atoms with Gasteiger partial charge >= 0.3 is 0 Å². The van der Waals surface area contributed by atoms with Gasteiger partial charge in [-0.25, -0.2) is 13.8 Å². The van der Waals surface area contributed by atoms with Crippen molar-refractivity contribution in [2.24, 2.45) is 11.5 Å². The Kier molecular flexibility index (Phi) is 5.63. The van der Waals surface area contributed by atoms with E-state index in [0.717, 1.165) is 31.0 Å². The van der Waals surface area contributed by atoms with Crippen LogP contribution in [0.2, 0.25) is 0 Å². The van der Waals surface area contributed by atoms with E-state index in [-0.39, 0.29) is 23.9 Å². The molecule has 0 fully saturated rings. The van der Waals surface area contributed by atoms with E-state index in [2.05, 4.69) is 4.98 Å². The van der Waals surface area contributed by atoms with E-state index in [1.54, 1.807) is 4.90 Å². The molecule has 1 aliphatic heterocycles. The minimum Gasteiger partial charge on any atom is -0.441 e. The van der Waals surface area contributed by atoms with Gasteiger partial charge in [0, 0.05) is 24.6 Å². The number of rotatable bonds is 6. The number of hydrogen-bond acceptors (Lipinski definition) is 5. The van der Waals surface area contributed by atoms with Gasteiger partial charge in [-0.3, -0.25) is 4.79 Å². The Morgan fingerprint density at radius 3 is 2.69 bits per heavy atom. The van der Waals surface area contributed by atoms with Crippen LogP contribution in [-0.2, 0) is 17.8 Å². The number of benzene rings is 1. The summed E-state index contributed by atoms with van der Waals surface area (Å²) in [6, 6.07) is 2.55. The summed E-state index contributed by atoms with van der Waals surface area (Å²) in [6.07, 6.45) is 2.72. The number of carbonyl (C=O) groups is 1. The summed E-state index contributed by atoms with van der Waals surface area (Å²) in [5.74, 6) is -0.748. The lowest BCUT2D eigenvalue weighted by Gasteiger charge is -2.27. The summed E-state index contributed by atoms with van der Waals surface area (Å²) in [7, 11) is 0. The molecule has 0 saturated carbocycles. The molecule has 1 aliphatic rings. The molecule has 0 unspecified atom stereocenters. The summed E-state index contributed by atoms with van der Waals surface area (Å²) in [5, 5.41) is 0. The second kappa shape index (κ2) is 7.92. The molecule has 26 heavy (non-hydrogen) atoms. The number of oxazole rings is 1. The van der Waals surface area contributed by atoms with Crippen molar-refractivity contribution in [1.82, 2.24) is 9.88 Å². The molecule has 1 amide bonds. The number of nitrogens with zero attached hydrogens (tertiary/aromatic N) is 2. The Hall–Kier alpha value is -2.32. The first-order chi connectivity index (χ1) is 12.5. The molecule has 2 heterocycles. The number of unbranched alkanes of at least 4 members (excludes halogenated alkanes) is 1. The lowest BCUT2D eigenvalue weighted by atomic mass is 10.1. The first-order valence-electron chi connectivity index (χ1n) is 8.67. The molecule has 140 valence electrons. The number of amides is 1. The predicted octanol–water partition coefficient (Wildman–Crippen LogP) is 1.96. The van der Waals surface area contributed by atoms with Crippen LogP contribution in [0.1, 0.15) is 30.7 Å². The topological polar surface area (TPSA) is 98.4 Å². The average Bonchev–Trinajstić information content (AvgIpc) is 3.03. The fraction of sp³-hybridized carbons (Fsp3) is 0.444. The van der Waals surface area contributed by atoms with E-state index in [4.69, 9.17) is 15.9 Å². The number of hydrogen-bond donors (Lipinski definition) is 2. The van der Waals surface area contributed by atoms with Gasteiger partial charge in [0.2, 0.25) is 11.8 Å². The summed E-state index contributed by atoms with van der Waals surface area (Å²) in [6.45, 7) is 1.33. The smallest absolute Gasteiger partial charge is 0.239 e. The molecule has 2 aromatic rings. The van der Waals surface area contributed by atoms with Crippen LogP contribution in [0.4, 0.5) is 8.78 Å². The van der Waals surface area contributed by atoms with Crippen molar-refractivity contribution in [3.8, 4) is 11.5 Å². The highest BCUT2D eigenvalue weighted by Gasteiger charge is 2.28. The van der Waals surface area contributed by atoms with Gasteiger partial charge in [0.15, 0.2) is 0 Å². The zero-order chi connectivity index (χ0) is 18.7. The third kappa shape index (κ3) is 4.08. The van der Waals surface area contributed by atoms with Crippen LogP contribution < -0.4 is 11.5 Å². The molecular formula is C18H22F2N4O2. The first-order valence-corrected chi connectivity index (χ1v) is 8.67. The standard InChI is InChI=1S/C18H22F2N4O2/c19-12-7-11(8-13(20)9-12)17-23-15-10-24(6-4-16(15)26-17)18(25)14(22)3-1-2-5-21/h7-9,14H,1-6,10,21-22H2/t14-/m0/s1. The van der Waals surface area contributed by atoms with Crippen LogP contribution in [0.15, 0.2) is 22.6 Å². The lowest BCUT2D eigenvalue weighted by molar-refractivity contribution is -0.133. The molecule has 0 spiro atoms. The van der Waals surface area contributed by atoms with Crippen LogP contribution >= 0.6 is 0 Å². The minimum absolute atomic E-state index is 0.131. The second-order valence-electron chi connectivity index (χ2n) is 6.45. The summed E-state index contributed by atoms with van der Waals surface area (Å²) in [5.41, 5.74) is 12.3. The van der Waals surface area contributed by atoms with Crippen molar-refractivity contribution in [3.05, 3.63) is 41.3 Å². The van der Waals surface area contributed by atoms with Crippen LogP contribution in [0.5, 0.6) is 0 Å². The van der Waals surface area contributed by atoms with Gasteiger partial charge in [-0.15, -0.1) is 0 Å². The third-order valence-electron chi connectivity index (χ3n) is 4.44. The monoisotopic (exact) mass is 364 g/mol. The number of fused-ring (bicyclic) bond motifs is 1. The van der Waals surface area contributed by atoms with E-state index in [1.807, 2.05) is 0 Å². The van der Waals surface area contributed by atoms with Crippen molar-refractivity contribution in [3.63, 3.8) is 0 Å². The Balaban J connectivity index is 1.71. The van der Waals surface area contributed by atoms with Crippen LogP contribution in [-0.4, -0.2) is 34.9 Å². The number of nitrogens with two attached hydrogens (primary N) is 2. The zero-order valence-corrected chi connectivity index (χ0v) is 14.4. The fourth-order valence-electron chi connectivity index (χ4n) is 3.05. The van der Waals surface area contributed by atoms with Gasteiger partial charge < -0.3 is 20.8 Å². The number of halogens is 2. The van der Waals surface area contributed by atoms with Crippen LogP contribution in [0, 0.1) is 11.6 Å². The summed E-state index contributed by atoms with van der Waals surface area (Å²) in [4.78, 5) is 18.4. The number of aromatic nitrogens is 1. The fourth-order valence-corrected chi connectivity index (χ4v) is 3.05. The molecule has 1 atom stereocenters. The SMILES string of the molecule is NCCCC[C@H](N)C(=O)N1CCc2oc(-c3cc(F)cc(F)c3)nc2C1. The molecule has 0 radical (unpaired) electrons. The molecule has 1 aromatic heterocycles. The van der Waals surface area contributed by atoms with Gasteiger partial charge in [0.05, 0.1) is 12.6 Å². The maximum atomic E-state index is 13.4. The molecule has 0 saturated heterocycles. The Labute approximate surface area is 150 Å². The van der Waals surface area contributed by atoms with E-state index >= 15 is 0 Å². The van der Waals surface area contributed by atoms with Gasteiger partial charge in [-0.05, 0) is 31.5 Å². The summed E-state index contributed by atoms with van der Waals surface area (Å²) >= 11 is 0. The lowest BCUT2D eigenvalue weighted by Crippen LogP contribution is -2.45. The second-order valence-corrected chi connectivity index (χ2v) is 6.45. The van der Waals surface area contributed by atoms with Crippen molar-refractivity contribution in [2.75, 3.05) is 13.1 Å². The quantitative estimate of drug-likeness (QED) is 0.764. The van der Waals surface area contributed by atoms with E-state index < -0.39 is 17.7 Å². The molecule has 0 bridgehead atoms. The molecule has 3 rings (SSSR count). The van der Waals surface area contributed by atoms with Crippen molar-refractivity contribution < 1.29 is 18.0 Å². The van der Waals surface area contributed by atoms with Crippen LogP contribution in [0.3, 0.4) is 0 Å². The molecular weight excluding hydrogens is 342 g/mol. The minimum atomic E-state index is -0.698. The highest BCUT2D eigenvalue weighted by atomic mass is 19.1. The van der Waals surface area contributed by atoms with Crippen molar-refractivity contribution in [2.45, 2.75) is 38.3 Å². The van der Waals surface area contributed by atoms with Gasteiger partial charge in [0.1, 0.15) is 23.1 Å². The average molecular weight is 364 g/mol. The normalized spacial score (nSPS) is 15.0. The maximum Gasteiger partial charge on any atom is 0.239 e. The van der Waals surface area contributed by atoms with E-state index in [9.17, 15) is 13.6 Å². The van der Waals surface area contributed by atoms with Gasteiger partial charge in [-0.1, -0.05) is 6.42 Å². The predicted molar refractivity (Wildman–Crippen MR) is 91.9 cm³/mol. The Morgan fingerprint density at radius 2 is 2.00 bits per heavy atom. The highest BCUT2D eigenvalue weighted by molar-refractivity contribution is 5.81. The Morgan fingerprint density at radius 1 is 1.27 bits per heavy atom. The molecule has 0 aliphatic carbocycles. The van der Waals surface area contributed by atoms with Crippen molar-refractivity contribution >= 4 is 5.91 Å². The zero-order valence-electron chi connectivity index (χ0n) is 14.4. The molecule has 6 nitrogen and oxygen atoms in total. The maximum absolute atomic E-state index is 13.4. The molecule has 8 heteroatoms. The molecule has 1 aromatic carbocycles. The number of carbonyl (C=O) groups excluding carboxylic acids is 1. The van der Waals surface area contributed by atoms with Crippen molar-refractivity contribution in [1.29, 1.82) is 0 Å². The van der Waals surface area contributed by atoms with E-state index in [1.165, 1.54) is 0 Å². The van der Waals surface area contributed by atoms with Gasteiger partial charge in [0.25, 0.3) is 0 Å².